The van der Waals surface area contributed by atoms with E-state index < -0.39 is 0 Å². The number of aryl methyl sites for hydroxylation is 1. The van der Waals surface area contributed by atoms with Gasteiger partial charge in [-0.1, -0.05) is 24.6 Å². The molecule has 0 saturated heterocycles. The predicted molar refractivity (Wildman–Crippen MR) is 72.6 cm³/mol. The second-order valence-corrected chi connectivity index (χ2v) is 4.58. The summed E-state index contributed by atoms with van der Waals surface area (Å²) in [6, 6.07) is 4.17. The Morgan fingerprint density at radius 3 is 2.83 bits per heavy atom. The maximum atomic E-state index is 6.20. The summed E-state index contributed by atoms with van der Waals surface area (Å²) in [5.74, 6) is 0. The monoisotopic (exact) mass is 264 g/mol. The van der Waals surface area contributed by atoms with E-state index >= 15 is 0 Å². The Balaban J connectivity index is 2.24. The zero-order chi connectivity index (χ0) is 13.0. The van der Waals surface area contributed by atoms with Crippen molar-refractivity contribution in [3.8, 4) is 0 Å². The van der Waals surface area contributed by atoms with Crippen molar-refractivity contribution in [2.45, 2.75) is 19.4 Å². The van der Waals surface area contributed by atoms with Crippen LogP contribution in [0.25, 0.3) is 0 Å². The number of likely N-dealkylation sites (N-methyl/N-ethyl adjacent to an activating group) is 1. The minimum Gasteiger partial charge on any atom is -0.309 e. The number of hydrogen-bond donors (Lipinski definition) is 1. The van der Waals surface area contributed by atoms with Crippen LogP contribution in [0.3, 0.4) is 0 Å². The minimum atomic E-state index is 0.152. The molecule has 2 aromatic heterocycles. The third-order valence-corrected chi connectivity index (χ3v) is 3.17. The van der Waals surface area contributed by atoms with Crippen LogP contribution in [0.1, 0.15) is 24.2 Å². The molecular weight excluding hydrogens is 248 g/mol. The number of rotatable bonds is 5. The number of aromatic nitrogens is 3. The number of hydrogen-bond acceptors (Lipinski definition) is 3. The normalized spacial score (nSPS) is 12.6. The fourth-order valence-corrected chi connectivity index (χ4v) is 2.38. The van der Waals surface area contributed by atoms with E-state index in [-0.39, 0.29) is 6.04 Å². The third-order valence-electron chi connectivity index (χ3n) is 2.88. The van der Waals surface area contributed by atoms with E-state index in [9.17, 15) is 0 Å². The van der Waals surface area contributed by atoms with Crippen LogP contribution in [0.15, 0.2) is 30.7 Å². The zero-order valence-electron chi connectivity index (χ0n) is 10.6. The van der Waals surface area contributed by atoms with Gasteiger partial charge in [-0.05, 0) is 24.6 Å². The Bertz CT molecular complexity index is 475. The highest BCUT2D eigenvalue weighted by atomic mass is 35.5. The van der Waals surface area contributed by atoms with Crippen molar-refractivity contribution in [1.29, 1.82) is 0 Å². The largest absolute Gasteiger partial charge is 0.309 e. The number of halogens is 1. The lowest BCUT2D eigenvalue weighted by Crippen LogP contribution is -2.25. The molecule has 0 amide bonds. The van der Waals surface area contributed by atoms with Crippen molar-refractivity contribution in [1.82, 2.24) is 20.1 Å². The summed E-state index contributed by atoms with van der Waals surface area (Å²) in [6.07, 6.45) is 6.20. The minimum absolute atomic E-state index is 0.152. The van der Waals surface area contributed by atoms with E-state index in [0.29, 0.717) is 5.02 Å². The molecule has 0 fully saturated rings. The van der Waals surface area contributed by atoms with Gasteiger partial charge in [0, 0.05) is 19.4 Å². The Morgan fingerprint density at radius 2 is 2.28 bits per heavy atom. The van der Waals surface area contributed by atoms with Crippen molar-refractivity contribution < 1.29 is 0 Å². The van der Waals surface area contributed by atoms with E-state index in [4.69, 9.17) is 11.6 Å². The van der Waals surface area contributed by atoms with Gasteiger partial charge in [-0.2, -0.15) is 5.10 Å². The molecule has 0 spiro atoms. The fourth-order valence-electron chi connectivity index (χ4n) is 2.08. The van der Waals surface area contributed by atoms with Crippen molar-refractivity contribution >= 4 is 11.6 Å². The van der Waals surface area contributed by atoms with E-state index in [0.717, 1.165) is 18.7 Å². The summed E-state index contributed by atoms with van der Waals surface area (Å²) in [6.45, 7) is 2.97. The van der Waals surface area contributed by atoms with Crippen molar-refractivity contribution in [3.05, 3.63) is 47.0 Å². The van der Waals surface area contributed by atoms with Gasteiger partial charge in [0.1, 0.15) is 0 Å². The molecule has 96 valence electrons. The lowest BCUT2D eigenvalue weighted by atomic mass is 10.0. The molecule has 0 saturated carbocycles. The van der Waals surface area contributed by atoms with Crippen LogP contribution in [0.4, 0.5) is 0 Å². The van der Waals surface area contributed by atoms with Crippen LogP contribution >= 0.6 is 11.6 Å². The third kappa shape index (κ3) is 2.89. The first-order chi connectivity index (χ1) is 8.72. The summed E-state index contributed by atoms with van der Waals surface area (Å²) in [4.78, 5) is 4.14. The molecule has 0 bridgehead atoms. The SMILES string of the molecule is CCNC(Cc1cccnc1)c1c(Cl)cnn1C. The molecule has 1 atom stereocenters. The van der Waals surface area contributed by atoms with Crippen molar-refractivity contribution in [2.24, 2.45) is 7.05 Å². The zero-order valence-corrected chi connectivity index (χ0v) is 11.4. The highest BCUT2D eigenvalue weighted by Gasteiger charge is 2.18. The van der Waals surface area contributed by atoms with Crippen LogP contribution in [0.5, 0.6) is 0 Å². The molecule has 0 aliphatic carbocycles. The quantitative estimate of drug-likeness (QED) is 0.902. The van der Waals surface area contributed by atoms with E-state index in [1.54, 1.807) is 12.4 Å². The summed E-state index contributed by atoms with van der Waals surface area (Å²) in [7, 11) is 1.91. The van der Waals surface area contributed by atoms with Crippen molar-refractivity contribution in [2.75, 3.05) is 6.54 Å². The summed E-state index contributed by atoms with van der Waals surface area (Å²) >= 11 is 6.20. The standard InChI is InChI=1S/C13H17ClN4/c1-3-16-12(7-10-5-4-6-15-8-10)13-11(14)9-17-18(13)2/h4-6,8-9,12,16H,3,7H2,1-2H3. The van der Waals surface area contributed by atoms with Crippen LogP contribution in [-0.2, 0) is 13.5 Å². The first-order valence-corrected chi connectivity index (χ1v) is 6.39. The number of pyridine rings is 1. The van der Waals surface area contributed by atoms with Gasteiger partial charge in [0.2, 0.25) is 0 Å². The molecule has 2 rings (SSSR count). The van der Waals surface area contributed by atoms with E-state index in [1.165, 1.54) is 5.56 Å². The Morgan fingerprint density at radius 1 is 1.44 bits per heavy atom. The second kappa shape index (κ2) is 5.98. The molecule has 0 radical (unpaired) electrons. The molecule has 5 heteroatoms. The lowest BCUT2D eigenvalue weighted by molar-refractivity contribution is 0.507. The van der Waals surface area contributed by atoms with Crippen LogP contribution in [-0.4, -0.2) is 21.3 Å². The fraction of sp³-hybridized carbons (Fsp3) is 0.385. The van der Waals surface area contributed by atoms with Crippen molar-refractivity contribution in [3.63, 3.8) is 0 Å². The smallest absolute Gasteiger partial charge is 0.0834 e. The topological polar surface area (TPSA) is 42.7 Å². The van der Waals surface area contributed by atoms with Gasteiger partial charge in [0.05, 0.1) is 23.0 Å². The second-order valence-electron chi connectivity index (χ2n) is 4.18. The first-order valence-electron chi connectivity index (χ1n) is 6.02. The molecule has 18 heavy (non-hydrogen) atoms. The van der Waals surface area contributed by atoms with E-state index in [1.807, 2.05) is 24.0 Å². The summed E-state index contributed by atoms with van der Waals surface area (Å²) in [5.41, 5.74) is 2.20. The molecule has 1 N–H and O–H groups in total. The number of nitrogens with zero attached hydrogens (tertiary/aromatic N) is 3. The van der Waals surface area contributed by atoms with Crippen LogP contribution in [0.2, 0.25) is 5.02 Å². The van der Waals surface area contributed by atoms with Gasteiger partial charge in [-0.15, -0.1) is 0 Å². The van der Waals surface area contributed by atoms with Gasteiger partial charge < -0.3 is 5.32 Å². The molecule has 0 aromatic carbocycles. The maximum Gasteiger partial charge on any atom is 0.0834 e. The Labute approximate surface area is 112 Å². The van der Waals surface area contributed by atoms with E-state index in [2.05, 4.69) is 28.4 Å². The van der Waals surface area contributed by atoms with Gasteiger partial charge in [0.15, 0.2) is 0 Å². The molecule has 4 nitrogen and oxygen atoms in total. The summed E-state index contributed by atoms with van der Waals surface area (Å²) in [5, 5.41) is 8.33. The van der Waals surface area contributed by atoms with Crippen LogP contribution < -0.4 is 5.32 Å². The molecule has 2 heterocycles. The molecule has 0 aliphatic rings. The first kappa shape index (κ1) is 13.1. The molecular formula is C13H17ClN4. The van der Waals surface area contributed by atoms with Gasteiger partial charge >= 0.3 is 0 Å². The molecule has 1 unspecified atom stereocenters. The predicted octanol–water partition coefficient (Wildman–Crippen LogP) is 2.36. The lowest BCUT2D eigenvalue weighted by Gasteiger charge is -2.18. The summed E-state index contributed by atoms with van der Waals surface area (Å²) < 4.78 is 1.83. The van der Waals surface area contributed by atoms with Crippen LogP contribution in [0, 0.1) is 0 Å². The highest BCUT2D eigenvalue weighted by Crippen LogP contribution is 2.24. The number of nitrogens with one attached hydrogen (secondary N) is 1. The van der Waals surface area contributed by atoms with Gasteiger partial charge in [0.25, 0.3) is 0 Å². The Hall–Kier alpha value is -1.39. The Kier molecular flexibility index (Phi) is 4.33. The maximum absolute atomic E-state index is 6.20. The van der Waals surface area contributed by atoms with Gasteiger partial charge in [-0.3, -0.25) is 9.67 Å². The average Bonchev–Trinajstić information content (AvgIpc) is 2.70. The average molecular weight is 265 g/mol. The van der Waals surface area contributed by atoms with Gasteiger partial charge in [-0.25, -0.2) is 0 Å². The highest BCUT2D eigenvalue weighted by molar-refractivity contribution is 6.31. The molecule has 0 aliphatic heterocycles. The molecule has 2 aromatic rings.